The van der Waals surface area contributed by atoms with Gasteiger partial charge in [0.05, 0.1) is 0 Å². The average Bonchev–Trinajstić information content (AvgIpc) is 2.40. The minimum absolute atomic E-state index is 0.160. The van der Waals surface area contributed by atoms with Crippen LogP contribution < -0.4 is 5.73 Å². The molecule has 104 valence electrons. The minimum atomic E-state index is 0.160. The summed E-state index contributed by atoms with van der Waals surface area (Å²) < 4.78 is 1.12. The summed E-state index contributed by atoms with van der Waals surface area (Å²) in [5.41, 5.74) is 8.34. The first-order valence-corrected chi connectivity index (χ1v) is 7.64. The van der Waals surface area contributed by atoms with E-state index in [1.165, 1.54) is 11.1 Å². The lowest BCUT2D eigenvalue weighted by atomic mass is 10.0. The van der Waals surface area contributed by atoms with Gasteiger partial charge in [-0.25, -0.2) is 0 Å². The molecular weight excluding hydrogens is 304 g/mol. The fourth-order valence-electron chi connectivity index (χ4n) is 2.51. The van der Waals surface area contributed by atoms with Crippen molar-refractivity contribution in [2.45, 2.75) is 38.6 Å². The zero-order valence-electron chi connectivity index (χ0n) is 11.4. The molecule has 2 N–H and O–H groups in total. The highest BCUT2D eigenvalue weighted by Gasteiger charge is 2.20. The molecule has 0 radical (unpaired) electrons. The summed E-state index contributed by atoms with van der Waals surface area (Å²) >= 11 is 3.49. The topological polar surface area (TPSA) is 46.3 Å². The number of amides is 1. The number of piperidine rings is 1. The predicted molar refractivity (Wildman–Crippen MR) is 81.0 cm³/mol. The normalized spacial score (nSPS) is 19.5. The molecule has 1 aromatic rings. The smallest absolute Gasteiger partial charge is 0.222 e. The maximum atomic E-state index is 12.1. The molecule has 1 aliphatic rings. The largest absolute Gasteiger partial charge is 0.341 e. The number of likely N-dealkylation sites (tertiary alicyclic amines) is 1. The summed E-state index contributed by atoms with van der Waals surface area (Å²) in [5.74, 6) is 0.232. The Labute approximate surface area is 123 Å². The zero-order valence-corrected chi connectivity index (χ0v) is 12.9. The number of aryl methyl sites for hydroxylation is 2. The number of nitrogens with two attached hydrogens (primary N) is 1. The van der Waals surface area contributed by atoms with Crippen LogP contribution in [0.5, 0.6) is 0 Å². The first-order chi connectivity index (χ1) is 9.06. The van der Waals surface area contributed by atoms with Crippen LogP contribution in [0.1, 0.15) is 30.4 Å². The van der Waals surface area contributed by atoms with Crippen LogP contribution in [0.4, 0.5) is 0 Å². The van der Waals surface area contributed by atoms with E-state index in [2.05, 4.69) is 35.0 Å². The van der Waals surface area contributed by atoms with Gasteiger partial charge in [-0.1, -0.05) is 28.1 Å². The van der Waals surface area contributed by atoms with Gasteiger partial charge in [-0.15, -0.1) is 0 Å². The van der Waals surface area contributed by atoms with Gasteiger partial charge in [-0.05, 0) is 43.4 Å². The number of halogens is 1. The molecule has 1 amide bonds. The monoisotopic (exact) mass is 324 g/mol. The van der Waals surface area contributed by atoms with Crippen LogP contribution in [0.25, 0.3) is 0 Å². The highest BCUT2D eigenvalue weighted by Crippen LogP contribution is 2.18. The highest BCUT2D eigenvalue weighted by atomic mass is 79.9. The van der Waals surface area contributed by atoms with Gasteiger partial charge in [0.15, 0.2) is 0 Å². The van der Waals surface area contributed by atoms with Gasteiger partial charge in [0.1, 0.15) is 0 Å². The van der Waals surface area contributed by atoms with Crippen molar-refractivity contribution in [3.63, 3.8) is 0 Å². The van der Waals surface area contributed by atoms with Crippen molar-refractivity contribution in [3.05, 3.63) is 33.8 Å². The molecule has 2 rings (SSSR count). The first kappa shape index (κ1) is 14.5. The van der Waals surface area contributed by atoms with Crippen molar-refractivity contribution in [2.24, 2.45) is 5.73 Å². The quantitative estimate of drug-likeness (QED) is 0.929. The van der Waals surface area contributed by atoms with Crippen molar-refractivity contribution in [1.82, 2.24) is 4.90 Å². The molecule has 1 aliphatic heterocycles. The molecule has 0 aromatic heterocycles. The summed E-state index contributed by atoms with van der Waals surface area (Å²) in [6.45, 7) is 3.66. The maximum Gasteiger partial charge on any atom is 0.222 e. The molecule has 0 unspecified atom stereocenters. The van der Waals surface area contributed by atoms with E-state index in [4.69, 9.17) is 5.73 Å². The van der Waals surface area contributed by atoms with Gasteiger partial charge in [-0.2, -0.15) is 0 Å². The third-order valence-electron chi connectivity index (χ3n) is 3.66. The Hall–Kier alpha value is -0.870. The highest BCUT2D eigenvalue weighted by molar-refractivity contribution is 9.10. The van der Waals surface area contributed by atoms with E-state index in [0.717, 1.165) is 36.8 Å². The van der Waals surface area contributed by atoms with Crippen LogP contribution in [0.3, 0.4) is 0 Å². The number of nitrogens with zero attached hydrogens (tertiary/aromatic N) is 1. The molecule has 19 heavy (non-hydrogen) atoms. The Morgan fingerprint density at radius 1 is 1.53 bits per heavy atom. The van der Waals surface area contributed by atoms with Gasteiger partial charge in [0.25, 0.3) is 0 Å². The molecule has 1 fully saturated rings. The molecule has 0 bridgehead atoms. The number of rotatable bonds is 3. The number of carbonyl (C=O) groups is 1. The molecule has 1 heterocycles. The minimum Gasteiger partial charge on any atom is -0.341 e. The maximum absolute atomic E-state index is 12.1. The predicted octanol–water partition coefficient (Wildman–Crippen LogP) is 2.64. The Morgan fingerprint density at radius 2 is 2.32 bits per heavy atom. The fraction of sp³-hybridized carbons (Fsp3) is 0.533. The summed E-state index contributed by atoms with van der Waals surface area (Å²) in [6, 6.07) is 6.42. The lowest BCUT2D eigenvalue weighted by Gasteiger charge is -2.30. The van der Waals surface area contributed by atoms with Crippen molar-refractivity contribution >= 4 is 21.8 Å². The van der Waals surface area contributed by atoms with E-state index in [9.17, 15) is 4.79 Å². The standard InChI is InChI=1S/C15H21BrN2O/c1-11-9-12(4-6-14(11)16)5-7-15(19)18-8-2-3-13(17)10-18/h4,6,9,13H,2-3,5,7-8,10,17H2,1H3/t13-/m1/s1. The zero-order chi connectivity index (χ0) is 13.8. The summed E-state index contributed by atoms with van der Waals surface area (Å²) in [4.78, 5) is 14.0. The lowest BCUT2D eigenvalue weighted by molar-refractivity contribution is -0.132. The molecule has 1 aromatic carbocycles. The van der Waals surface area contributed by atoms with Crippen LogP contribution in [0, 0.1) is 6.92 Å². The molecule has 0 aliphatic carbocycles. The van der Waals surface area contributed by atoms with Crippen LogP contribution in [0.15, 0.2) is 22.7 Å². The number of hydrogen-bond acceptors (Lipinski definition) is 2. The third-order valence-corrected chi connectivity index (χ3v) is 4.55. The van der Waals surface area contributed by atoms with E-state index in [1.54, 1.807) is 0 Å². The molecule has 3 nitrogen and oxygen atoms in total. The Bertz CT molecular complexity index is 461. The van der Waals surface area contributed by atoms with Gasteiger partial charge >= 0.3 is 0 Å². The second-order valence-electron chi connectivity index (χ2n) is 5.33. The Kier molecular flexibility index (Phi) is 4.99. The van der Waals surface area contributed by atoms with E-state index in [-0.39, 0.29) is 11.9 Å². The molecule has 0 spiro atoms. The number of hydrogen-bond donors (Lipinski definition) is 1. The molecule has 1 atom stereocenters. The van der Waals surface area contributed by atoms with Crippen molar-refractivity contribution in [2.75, 3.05) is 13.1 Å². The summed E-state index contributed by atoms with van der Waals surface area (Å²) in [5, 5.41) is 0. The van der Waals surface area contributed by atoms with E-state index in [0.29, 0.717) is 6.42 Å². The second kappa shape index (κ2) is 6.53. The second-order valence-corrected chi connectivity index (χ2v) is 6.18. The first-order valence-electron chi connectivity index (χ1n) is 6.84. The van der Waals surface area contributed by atoms with Crippen LogP contribution in [-0.2, 0) is 11.2 Å². The lowest BCUT2D eigenvalue weighted by Crippen LogP contribution is -2.45. The number of carbonyl (C=O) groups excluding carboxylic acids is 1. The average molecular weight is 325 g/mol. The van der Waals surface area contributed by atoms with Crippen LogP contribution in [-0.4, -0.2) is 29.9 Å². The van der Waals surface area contributed by atoms with E-state index >= 15 is 0 Å². The molecule has 1 saturated heterocycles. The van der Waals surface area contributed by atoms with Crippen molar-refractivity contribution < 1.29 is 4.79 Å². The molecular formula is C15H21BrN2O. The number of benzene rings is 1. The molecule has 0 saturated carbocycles. The van der Waals surface area contributed by atoms with E-state index < -0.39 is 0 Å². The van der Waals surface area contributed by atoms with Gasteiger partial charge in [-0.3, -0.25) is 4.79 Å². The SMILES string of the molecule is Cc1cc(CCC(=O)N2CCC[C@@H](N)C2)ccc1Br. The fourth-order valence-corrected chi connectivity index (χ4v) is 2.75. The van der Waals surface area contributed by atoms with Crippen molar-refractivity contribution in [1.29, 1.82) is 0 Å². The van der Waals surface area contributed by atoms with Gasteiger partial charge in [0, 0.05) is 30.0 Å². The third kappa shape index (κ3) is 4.05. The Balaban J connectivity index is 1.87. The van der Waals surface area contributed by atoms with Crippen LogP contribution in [0.2, 0.25) is 0 Å². The summed E-state index contributed by atoms with van der Waals surface area (Å²) in [7, 11) is 0. The van der Waals surface area contributed by atoms with Gasteiger partial charge < -0.3 is 10.6 Å². The van der Waals surface area contributed by atoms with E-state index in [1.807, 2.05) is 11.0 Å². The Morgan fingerprint density at radius 3 is 3.00 bits per heavy atom. The summed E-state index contributed by atoms with van der Waals surface area (Å²) in [6.07, 6.45) is 3.45. The van der Waals surface area contributed by atoms with Crippen LogP contribution >= 0.6 is 15.9 Å². The van der Waals surface area contributed by atoms with Crippen molar-refractivity contribution in [3.8, 4) is 0 Å². The molecule has 4 heteroatoms. The van der Waals surface area contributed by atoms with Gasteiger partial charge in [0.2, 0.25) is 5.91 Å².